The summed E-state index contributed by atoms with van der Waals surface area (Å²) in [6.45, 7) is 10.3. The smallest absolute Gasteiger partial charge is 0.128 e. The zero-order valence-electron chi connectivity index (χ0n) is 12.5. The highest BCUT2D eigenvalue weighted by Gasteiger charge is 2.22. The molecule has 0 spiro atoms. The van der Waals surface area contributed by atoms with E-state index >= 15 is 0 Å². The maximum absolute atomic E-state index is 5.75. The Kier molecular flexibility index (Phi) is 4.77. The summed E-state index contributed by atoms with van der Waals surface area (Å²) in [4.78, 5) is 9.19. The van der Waals surface area contributed by atoms with E-state index < -0.39 is 0 Å². The lowest BCUT2D eigenvalue weighted by Gasteiger charge is -2.36. The maximum atomic E-state index is 5.75. The topological polar surface area (TPSA) is 28.6 Å². The Labute approximate surface area is 116 Å². The number of anilines is 1. The Morgan fingerprint density at radius 1 is 1.32 bits per heavy atom. The van der Waals surface area contributed by atoms with Gasteiger partial charge < -0.3 is 14.5 Å². The molecule has 4 heteroatoms. The van der Waals surface area contributed by atoms with Crippen molar-refractivity contribution in [2.24, 2.45) is 0 Å². The molecule has 2 rings (SSSR count). The highest BCUT2D eigenvalue weighted by molar-refractivity contribution is 5.40. The van der Waals surface area contributed by atoms with E-state index in [1.807, 2.05) is 6.20 Å². The van der Waals surface area contributed by atoms with Gasteiger partial charge in [0.05, 0.1) is 12.2 Å². The van der Waals surface area contributed by atoms with Crippen LogP contribution in [0, 0.1) is 0 Å². The third-order valence-electron chi connectivity index (χ3n) is 3.55. The maximum Gasteiger partial charge on any atom is 0.128 e. The van der Waals surface area contributed by atoms with Crippen LogP contribution in [-0.4, -0.2) is 48.8 Å². The molecule has 0 saturated carbocycles. The number of aromatic nitrogens is 1. The van der Waals surface area contributed by atoms with E-state index in [9.17, 15) is 0 Å². The monoisotopic (exact) mass is 263 g/mol. The minimum Gasteiger partial charge on any atom is -0.372 e. The zero-order chi connectivity index (χ0) is 13.8. The minimum absolute atomic E-state index is 0.274. The Morgan fingerprint density at radius 3 is 2.53 bits per heavy atom. The van der Waals surface area contributed by atoms with Crippen molar-refractivity contribution < 1.29 is 4.74 Å². The van der Waals surface area contributed by atoms with Gasteiger partial charge in [0.2, 0.25) is 0 Å². The zero-order valence-corrected chi connectivity index (χ0v) is 12.5. The van der Waals surface area contributed by atoms with E-state index in [-0.39, 0.29) is 12.2 Å². The average molecular weight is 263 g/mol. The summed E-state index contributed by atoms with van der Waals surface area (Å²) in [5.41, 5.74) is 1.27. The second-order valence-electron chi connectivity index (χ2n) is 5.52. The lowest BCUT2D eigenvalue weighted by molar-refractivity contribution is -0.00545. The van der Waals surface area contributed by atoms with Crippen LogP contribution >= 0.6 is 0 Å². The molecule has 0 bridgehead atoms. The molecule has 1 aliphatic heterocycles. The second-order valence-corrected chi connectivity index (χ2v) is 5.52. The molecule has 1 aromatic heterocycles. The lowest BCUT2D eigenvalue weighted by atomic mass is 10.2. The van der Waals surface area contributed by atoms with E-state index in [1.165, 1.54) is 5.56 Å². The number of ether oxygens (including phenoxy) is 1. The molecule has 1 aromatic rings. The van der Waals surface area contributed by atoms with E-state index in [0.717, 1.165) is 32.0 Å². The van der Waals surface area contributed by atoms with Gasteiger partial charge in [0.1, 0.15) is 5.82 Å². The quantitative estimate of drug-likeness (QED) is 0.832. The summed E-state index contributed by atoms with van der Waals surface area (Å²) in [6, 6.07) is 4.31. The molecule has 0 radical (unpaired) electrons. The van der Waals surface area contributed by atoms with E-state index in [2.05, 4.69) is 54.7 Å². The predicted octanol–water partition coefficient (Wildman–Crippen LogP) is 2.15. The Bertz CT molecular complexity index is 383. The lowest BCUT2D eigenvalue weighted by Crippen LogP contribution is -2.45. The summed E-state index contributed by atoms with van der Waals surface area (Å²) >= 11 is 0. The van der Waals surface area contributed by atoms with Crippen molar-refractivity contribution in [3.8, 4) is 0 Å². The summed E-state index contributed by atoms with van der Waals surface area (Å²) in [6.07, 6.45) is 2.54. The van der Waals surface area contributed by atoms with Crippen molar-refractivity contribution in [2.75, 3.05) is 31.6 Å². The molecule has 2 heterocycles. The number of nitrogens with zero attached hydrogens (tertiary/aromatic N) is 3. The van der Waals surface area contributed by atoms with E-state index in [0.29, 0.717) is 0 Å². The first kappa shape index (κ1) is 14.3. The van der Waals surface area contributed by atoms with Crippen LogP contribution in [0.4, 0.5) is 5.82 Å². The fraction of sp³-hybridized carbons (Fsp3) is 0.667. The molecule has 1 aliphatic rings. The van der Waals surface area contributed by atoms with Crippen molar-refractivity contribution in [1.82, 2.24) is 9.88 Å². The predicted molar refractivity (Wildman–Crippen MR) is 78.5 cm³/mol. The molecule has 1 fully saturated rings. The molecule has 106 valence electrons. The molecule has 1 saturated heterocycles. The van der Waals surface area contributed by atoms with Gasteiger partial charge in [0, 0.05) is 25.8 Å². The molecular formula is C15H25N3O. The number of pyridine rings is 1. The van der Waals surface area contributed by atoms with Gasteiger partial charge in [0.25, 0.3) is 0 Å². The molecule has 2 unspecified atom stereocenters. The molecule has 4 nitrogen and oxygen atoms in total. The largest absolute Gasteiger partial charge is 0.372 e. The third kappa shape index (κ3) is 3.91. The minimum atomic E-state index is 0.274. The fourth-order valence-electron chi connectivity index (χ4n) is 2.49. The molecular weight excluding hydrogens is 238 g/mol. The second kappa shape index (κ2) is 6.35. The van der Waals surface area contributed by atoms with Gasteiger partial charge in [-0.25, -0.2) is 4.98 Å². The third-order valence-corrected chi connectivity index (χ3v) is 3.55. The van der Waals surface area contributed by atoms with Gasteiger partial charge in [-0.15, -0.1) is 0 Å². The first-order valence-corrected chi connectivity index (χ1v) is 7.12. The first-order valence-electron chi connectivity index (χ1n) is 7.12. The molecule has 2 atom stereocenters. The first-order chi connectivity index (χ1) is 9.08. The molecule has 0 aliphatic carbocycles. The van der Waals surface area contributed by atoms with Crippen molar-refractivity contribution in [2.45, 2.75) is 39.5 Å². The van der Waals surface area contributed by atoms with Crippen molar-refractivity contribution in [3.63, 3.8) is 0 Å². The van der Waals surface area contributed by atoms with Crippen molar-refractivity contribution in [3.05, 3.63) is 23.9 Å². The van der Waals surface area contributed by atoms with Crippen LogP contribution in [-0.2, 0) is 11.3 Å². The molecule has 0 N–H and O–H groups in total. The van der Waals surface area contributed by atoms with Crippen LogP contribution < -0.4 is 4.90 Å². The highest BCUT2D eigenvalue weighted by atomic mass is 16.5. The Balaban J connectivity index is 2.01. The fourth-order valence-corrected chi connectivity index (χ4v) is 2.49. The average Bonchev–Trinajstić information content (AvgIpc) is 2.38. The van der Waals surface area contributed by atoms with Gasteiger partial charge in [-0.05, 0) is 39.1 Å². The number of hydrogen-bond donors (Lipinski definition) is 0. The highest BCUT2D eigenvalue weighted by Crippen LogP contribution is 2.18. The van der Waals surface area contributed by atoms with Gasteiger partial charge in [-0.2, -0.15) is 0 Å². The van der Waals surface area contributed by atoms with Crippen molar-refractivity contribution in [1.29, 1.82) is 0 Å². The number of hydrogen-bond acceptors (Lipinski definition) is 4. The molecule has 0 aromatic carbocycles. The Hall–Kier alpha value is -1.13. The summed E-state index contributed by atoms with van der Waals surface area (Å²) in [7, 11) is 2.12. The summed E-state index contributed by atoms with van der Waals surface area (Å²) in [5, 5.41) is 0. The normalized spacial score (nSPS) is 23.9. The SMILES string of the molecule is CCN(C)Cc1ccc(N2CC(C)OC(C)C2)nc1. The van der Waals surface area contributed by atoms with Crippen LogP contribution in [0.1, 0.15) is 26.3 Å². The number of rotatable bonds is 4. The molecule has 0 amide bonds. The van der Waals surface area contributed by atoms with Crippen LogP contribution in [0.3, 0.4) is 0 Å². The van der Waals surface area contributed by atoms with Crippen LogP contribution in [0.15, 0.2) is 18.3 Å². The summed E-state index contributed by atoms with van der Waals surface area (Å²) in [5.74, 6) is 1.06. The van der Waals surface area contributed by atoms with Gasteiger partial charge in [-0.3, -0.25) is 0 Å². The number of morpholine rings is 1. The van der Waals surface area contributed by atoms with Crippen LogP contribution in [0.2, 0.25) is 0 Å². The molecule has 19 heavy (non-hydrogen) atoms. The van der Waals surface area contributed by atoms with E-state index in [1.54, 1.807) is 0 Å². The van der Waals surface area contributed by atoms with Gasteiger partial charge in [0.15, 0.2) is 0 Å². The van der Waals surface area contributed by atoms with Crippen LogP contribution in [0.5, 0.6) is 0 Å². The van der Waals surface area contributed by atoms with Crippen LogP contribution in [0.25, 0.3) is 0 Å². The van der Waals surface area contributed by atoms with E-state index in [4.69, 9.17) is 4.74 Å². The van der Waals surface area contributed by atoms with Gasteiger partial charge in [-0.1, -0.05) is 13.0 Å². The Morgan fingerprint density at radius 2 is 2.00 bits per heavy atom. The standard InChI is InChI=1S/C15H25N3O/c1-5-17(4)11-14-6-7-15(16-8-14)18-9-12(2)19-13(3)10-18/h6-8,12-13H,5,9-11H2,1-4H3. The van der Waals surface area contributed by atoms with Gasteiger partial charge >= 0.3 is 0 Å². The van der Waals surface area contributed by atoms with Crippen molar-refractivity contribution >= 4 is 5.82 Å². The summed E-state index contributed by atoms with van der Waals surface area (Å²) < 4.78 is 5.75.